The molecule has 1 aromatic rings. The van der Waals surface area contributed by atoms with Crippen molar-refractivity contribution in [2.24, 2.45) is 22.1 Å². The van der Waals surface area contributed by atoms with Gasteiger partial charge in [0.2, 0.25) is 5.91 Å². The lowest BCUT2D eigenvalue weighted by Crippen LogP contribution is -2.44. The molecule has 32 heavy (non-hydrogen) atoms. The number of ether oxygens (including phenoxy) is 1. The van der Waals surface area contributed by atoms with Crippen LogP contribution in [0.3, 0.4) is 0 Å². The van der Waals surface area contributed by atoms with Crippen molar-refractivity contribution in [3.63, 3.8) is 0 Å². The molecule has 0 radical (unpaired) electrons. The Morgan fingerprint density at radius 3 is 2.94 bits per heavy atom. The number of nitrogens with one attached hydrogen (secondary N) is 2. The Hall–Kier alpha value is -2.16. The van der Waals surface area contributed by atoms with E-state index in [2.05, 4.69) is 46.7 Å². The quantitative estimate of drug-likeness (QED) is 0.318. The lowest BCUT2D eigenvalue weighted by Gasteiger charge is -2.31. The SMILES string of the molecule is CCNC(=NCc1cccc(CN2CCCC(C(N)=O)C2)c1)NCC1(CCO)CCOC1. The Kier molecular flexibility index (Phi) is 9.32. The van der Waals surface area contributed by atoms with Gasteiger partial charge in [-0.3, -0.25) is 9.69 Å². The molecule has 2 saturated heterocycles. The van der Waals surface area contributed by atoms with Crippen molar-refractivity contribution >= 4 is 11.9 Å². The van der Waals surface area contributed by atoms with E-state index in [1.165, 1.54) is 5.56 Å². The zero-order valence-corrected chi connectivity index (χ0v) is 19.3. The first-order valence-electron chi connectivity index (χ1n) is 11.8. The standard InChI is InChI=1S/C24H39N5O3/c1-2-26-23(28-17-24(8-11-30)9-12-32-18-24)27-14-19-5-3-6-20(13-19)15-29-10-4-7-21(16-29)22(25)31/h3,5-6,13,21,30H,2,4,7-12,14-18H2,1H3,(H2,25,31)(H2,26,27,28). The second kappa shape index (κ2) is 12.2. The molecule has 2 aliphatic rings. The number of piperidine rings is 1. The van der Waals surface area contributed by atoms with Crippen LogP contribution in [0.5, 0.6) is 0 Å². The van der Waals surface area contributed by atoms with Gasteiger partial charge in [-0.05, 0) is 50.3 Å². The number of amides is 1. The smallest absolute Gasteiger partial charge is 0.221 e. The molecule has 0 bridgehead atoms. The maximum Gasteiger partial charge on any atom is 0.221 e. The van der Waals surface area contributed by atoms with Crippen LogP contribution in [0.15, 0.2) is 29.3 Å². The summed E-state index contributed by atoms with van der Waals surface area (Å²) in [7, 11) is 0. The van der Waals surface area contributed by atoms with Gasteiger partial charge >= 0.3 is 0 Å². The summed E-state index contributed by atoms with van der Waals surface area (Å²) >= 11 is 0. The van der Waals surface area contributed by atoms with Gasteiger partial charge in [0.15, 0.2) is 5.96 Å². The first-order chi connectivity index (χ1) is 15.5. The highest BCUT2D eigenvalue weighted by Gasteiger charge is 2.34. The van der Waals surface area contributed by atoms with Gasteiger partial charge in [-0.2, -0.15) is 0 Å². The molecule has 0 aromatic heterocycles. The molecule has 0 spiro atoms. The molecule has 8 nitrogen and oxygen atoms in total. The van der Waals surface area contributed by atoms with Crippen molar-refractivity contribution in [3.8, 4) is 0 Å². The molecule has 2 heterocycles. The van der Waals surface area contributed by atoms with Crippen LogP contribution in [0.1, 0.15) is 43.7 Å². The molecule has 178 valence electrons. The zero-order valence-electron chi connectivity index (χ0n) is 19.3. The van der Waals surface area contributed by atoms with Gasteiger partial charge in [-0.15, -0.1) is 0 Å². The molecule has 2 atom stereocenters. The summed E-state index contributed by atoms with van der Waals surface area (Å²) in [5.74, 6) is 0.554. The minimum atomic E-state index is -0.189. The number of carbonyl (C=O) groups is 1. The van der Waals surface area contributed by atoms with E-state index in [1.54, 1.807) is 0 Å². The third kappa shape index (κ3) is 7.18. The third-order valence-corrected chi connectivity index (χ3v) is 6.53. The van der Waals surface area contributed by atoms with Crippen molar-refractivity contribution in [1.82, 2.24) is 15.5 Å². The normalized spacial score (nSPS) is 24.4. The summed E-state index contributed by atoms with van der Waals surface area (Å²) in [6.45, 7) is 8.31. The van der Waals surface area contributed by atoms with Crippen LogP contribution in [0.2, 0.25) is 0 Å². The monoisotopic (exact) mass is 445 g/mol. The highest BCUT2D eigenvalue weighted by atomic mass is 16.5. The average molecular weight is 446 g/mol. The topological polar surface area (TPSA) is 112 Å². The number of likely N-dealkylation sites (tertiary alicyclic amines) is 1. The van der Waals surface area contributed by atoms with Gasteiger partial charge in [0.25, 0.3) is 0 Å². The highest BCUT2D eigenvalue weighted by Crippen LogP contribution is 2.31. The zero-order chi connectivity index (χ0) is 22.8. The molecule has 8 heteroatoms. The van der Waals surface area contributed by atoms with Crippen LogP contribution < -0.4 is 16.4 Å². The number of rotatable bonds is 10. The largest absolute Gasteiger partial charge is 0.396 e. The van der Waals surface area contributed by atoms with Crippen molar-refractivity contribution in [3.05, 3.63) is 35.4 Å². The number of guanidine groups is 1. The molecule has 2 fully saturated rings. The summed E-state index contributed by atoms with van der Waals surface area (Å²) in [6, 6.07) is 8.49. The second-order valence-electron chi connectivity index (χ2n) is 9.12. The predicted molar refractivity (Wildman–Crippen MR) is 126 cm³/mol. The molecule has 0 saturated carbocycles. The van der Waals surface area contributed by atoms with E-state index in [-0.39, 0.29) is 23.8 Å². The number of benzene rings is 1. The van der Waals surface area contributed by atoms with Crippen LogP contribution in [0.4, 0.5) is 0 Å². The van der Waals surface area contributed by atoms with E-state index in [9.17, 15) is 9.90 Å². The van der Waals surface area contributed by atoms with Crippen LogP contribution in [0.25, 0.3) is 0 Å². The fourth-order valence-corrected chi connectivity index (χ4v) is 4.61. The molecule has 0 aliphatic carbocycles. The van der Waals surface area contributed by atoms with Gasteiger partial charge in [0.1, 0.15) is 0 Å². The number of carbonyl (C=O) groups excluding carboxylic acids is 1. The maximum absolute atomic E-state index is 11.6. The van der Waals surface area contributed by atoms with Gasteiger partial charge < -0.3 is 26.2 Å². The summed E-state index contributed by atoms with van der Waals surface area (Å²) in [4.78, 5) is 18.6. The number of aliphatic imine (C=N–C) groups is 1. The fraction of sp³-hybridized carbons (Fsp3) is 0.667. The van der Waals surface area contributed by atoms with E-state index in [0.717, 1.165) is 76.5 Å². The number of hydrogen-bond acceptors (Lipinski definition) is 5. The van der Waals surface area contributed by atoms with Gasteiger partial charge in [0, 0.05) is 44.8 Å². The van der Waals surface area contributed by atoms with Crippen LogP contribution in [0, 0.1) is 11.3 Å². The minimum absolute atomic E-state index is 0.0257. The number of nitrogens with zero attached hydrogens (tertiary/aromatic N) is 2. The molecule has 3 rings (SSSR count). The minimum Gasteiger partial charge on any atom is -0.396 e. The number of primary amides is 1. The van der Waals surface area contributed by atoms with Gasteiger partial charge in [0.05, 0.1) is 19.1 Å². The van der Waals surface area contributed by atoms with E-state index < -0.39 is 0 Å². The number of aliphatic hydroxyl groups excluding tert-OH is 1. The Bertz CT molecular complexity index is 764. The van der Waals surface area contributed by atoms with E-state index >= 15 is 0 Å². The highest BCUT2D eigenvalue weighted by molar-refractivity contribution is 5.79. The van der Waals surface area contributed by atoms with Crippen molar-refractivity contribution in [2.75, 3.05) is 46.0 Å². The third-order valence-electron chi connectivity index (χ3n) is 6.53. The molecule has 2 aliphatic heterocycles. The average Bonchev–Trinajstić information content (AvgIpc) is 3.25. The van der Waals surface area contributed by atoms with E-state index in [0.29, 0.717) is 13.2 Å². The summed E-state index contributed by atoms with van der Waals surface area (Å²) in [6.07, 6.45) is 3.59. The lowest BCUT2D eigenvalue weighted by molar-refractivity contribution is -0.123. The first-order valence-corrected chi connectivity index (χ1v) is 11.8. The molecule has 1 amide bonds. The molecule has 1 aromatic carbocycles. The van der Waals surface area contributed by atoms with Crippen molar-refractivity contribution in [2.45, 2.75) is 45.7 Å². The Morgan fingerprint density at radius 1 is 1.38 bits per heavy atom. The second-order valence-corrected chi connectivity index (χ2v) is 9.12. The van der Waals surface area contributed by atoms with Gasteiger partial charge in [-0.1, -0.05) is 24.3 Å². The lowest BCUT2D eigenvalue weighted by atomic mass is 9.84. The summed E-state index contributed by atoms with van der Waals surface area (Å²) < 4.78 is 5.59. The molecule has 5 N–H and O–H groups in total. The van der Waals surface area contributed by atoms with E-state index in [1.807, 2.05) is 0 Å². The molecule has 2 unspecified atom stereocenters. The fourth-order valence-electron chi connectivity index (χ4n) is 4.61. The number of nitrogens with two attached hydrogens (primary N) is 1. The Labute approximate surface area is 191 Å². The maximum atomic E-state index is 11.6. The number of aliphatic hydroxyl groups is 1. The number of hydrogen-bond donors (Lipinski definition) is 4. The van der Waals surface area contributed by atoms with Gasteiger partial charge in [-0.25, -0.2) is 4.99 Å². The predicted octanol–water partition coefficient (Wildman–Crippen LogP) is 1.23. The summed E-state index contributed by atoms with van der Waals surface area (Å²) in [5.41, 5.74) is 7.87. The van der Waals surface area contributed by atoms with Crippen LogP contribution in [-0.4, -0.2) is 67.9 Å². The van der Waals surface area contributed by atoms with Crippen LogP contribution >= 0.6 is 0 Å². The van der Waals surface area contributed by atoms with Crippen molar-refractivity contribution in [1.29, 1.82) is 0 Å². The Morgan fingerprint density at radius 2 is 2.22 bits per heavy atom. The molecular formula is C24H39N5O3. The Balaban J connectivity index is 1.58. The van der Waals surface area contributed by atoms with Crippen LogP contribution in [-0.2, 0) is 22.6 Å². The molecular weight excluding hydrogens is 406 g/mol. The first kappa shape index (κ1) is 24.5. The van der Waals surface area contributed by atoms with E-state index in [4.69, 9.17) is 15.5 Å². The van der Waals surface area contributed by atoms with Crippen molar-refractivity contribution < 1.29 is 14.6 Å². The summed E-state index contributed by atoms with van der Waals surface area (Å²) in [5, 5.41) is 16.2.